The number of halogens is 1. The van der Waals surface area contributed by atoms with Crippen LogP contribution in [0.15, 0.2) is 72.8 Å². The van der Waals surface area contributed by atoms with E-state index in [-0.39, 0.29) is 0 Å². The molecule has 0 spiro atoms. The van der Waals surface area contributed by atoms with Crippen molar-refractivity contribution in [3.63, 3.8) is 0 Å². The second-order valence-corrected chi connectivity index (χ2v) is 6.08. The van der Waals surface area contributed by atoms with Gasteiger partial charge in [0.1, 0.15) is 12.7 Å². The van der Waals surface area contributed by atoms with Gasteiger partial charge >= 0.3 is 0 Å². The Hall–Kier alpha value is -2.49. The molecule has 4 heteroatoms. The Balaban J connectivity index is 1.78. The third-order valence-electron chi connectivity index (χ3n) is 3.93. The molecular weight excluding hydrogens is 336 g/mol. The fraction of sp³-hybridized carbons (Fsp3) is 0.143. The van der Waals surface area contributed by atoms with Crippen LogP contribution in [0.3, 0.4) is 0 Å². The van der Waals surface area contributed by atoms with Crippen LogP contribution in [0.1, 0.15) is 22.8 Å². The van der Waals surface area contributed by atoms with Crippen molar-refractivity contribution in [1.29, 1.82) is 0 Å². The van der Waals surface area contributed by atoms with E-state index >= 15 is 0 Å². The number of ether oxygens (including phenoxy) is 2. The summed E-state index contributed by atoms with van der Waals surface area (Å²) in [5.74, 6) is 1.22. The number of benzene rings is 3. The van der Waals surface area contributed by atoms with Crippen LogP contribution in [0.25, 0.3) is 0 Å². The quantitative estimate of drug-likeness (QED) is 0.676. The van der Waals surface area contributed by atoms with Crippen LogP contribution in [0.5, 0.6) is 11.5 Å². The molecule has 25 heavy (non-hydrogen) atoms. The predicted molar refractivity (Wildman–Crippen MR) is 99.3 cm³/mol. The molecule has 0 fully saturated rings. The van der Waals surface area contributed by atoms with Gasteiger partial charge in [-0.2, -0.15) is 0 Å². The third-order valence-corrected chi connectivity index (χ3v) is 4.18. The summed E-state index contributed by atoms with van der Waals surface area (Å²) >= 11 is 5.90. The van der Waals surface area contributed by atoms with Crippen molar-refractivity contribution in [2.75, 3.05) is 7.11 Å². The second kappa shape index (κ2) is 8.06. The molecule has 0 amide bonds. The van der Waals surface area contributed by atoms with Crippen molar-refractivity contribution >= 4 is 11.6 Å². The highest BCUT2D eigenvalue weighted by molar-refractivity contribution is 6.30. The van der Waals surface area contributed by atoms with Crippen LogP contribution in [0.2, 0.25) is 5.02 Å². The minimum atomic E-state index is -0.755. The van der Waals surface area contributed by atoms with Crippen LogP contribution in [-0.4, -0.2) is 12.2 Å². The average Bonchev–Trinajstić information content (AvgIpc) is 2.67. The van der Waals surface area contributed by atoms with Gasteiger partial charge < -0.3 is 14.6 Å². The Bertz CT molecular complexity index is 816. The van der Waals surface area contributed by atoms with Gasteiger partial charge in [0.15, 0.2) is 11.5 Å². The van der Waals surface area contributed by atoms with Crippen LogP contribution in [0, 0.1) is 0 Å². The maximum Gasteiger partial charge on any atom is 0.161 e. The smallest absolute Gasteiger partial charge is 0.161 e. The number of rotatable bonds is 6. The minimum absolute atomic E-state index is 0.455. The molecule has 0 aromatic heterocycles. The Kier molecular flexibility index (Phi) is 5.59. The first-order valence-electron chi connectivity index (χ1n) is 7.95. The van der Waals surface area contributed by atoms with Gasteiger partial charge in [-0.25, -0.2) is 0 Å². The zero-order chi connectivity index (χ0) is 17.6. The molecule has 0 bridgehead atoms. The van der Waals surface area contributed by atoms with Crippen LogP contribution in [0.4, 0.5) is 0 Å². The number of hydrogen-bond acceptors (Lipinski definition) is 3. The van der Waals surface area contributed by atoms with Crippen molar-refractivity contribution in [2.24, 2.45) is 0 Å². The van der Waals surface area contributed by atoms with E-state index in [9.17, 15) is 5.11 Å². The van der Waals surface area contributed by atoms with Gasteiger partial charge in [0.25, 0.3) is 0 Å². The lowest BCUT2D eigenvalue weighted by molar-refractivity contribution is 0.219. The van der Waals surface area contributed by atoms with E-state index in [1.165, 1.54) is 0 Å². The van der Waals surface area contributed by atoms with Crippen molar-refractivity contribution in [2.45, 2.75) is 12.7 Å². The van der Waals surface area contributed by atoms with Gasteiger partial charge in [-0.15, -0.1) is 0 Å². The summed E-state index contributed by atoms with van der Waals surface area (Å²) < 4.78 is 11.3. The number of aliphatic hydroxyl groups excluding tert-OH is 1. The molecule has 0 aliphatic carbocycles. The van der Waals surface area contributed by atoms with Gasteiger partial charge in [0, 0.05) is 5.02 Å². The predicted octanol–water partition coefficient (Wildman–Crippen LogP) is 5.01. The fourth-order valence-corrected chi connectivity index (χ4v) is 2.67. The summed E-state index contributed by atoms with van der Waals surface area (Å²) in [6, 6.07) is 22.5. The van der Waals surface area contributed by atoms with Crippen LogP contribution >= 0.6 is 11.6 Å². The van der Waals surface area contributed by atoms with Gasteiger partial charge in [-0.1, -0.05) is 60.1 Å². The lowest BCUT2D eigenvalue weighted by atomic mass is 10.0. The van der Waals surface area contributed by atoms with Gasteiger partial charge in [-0.3, -0.25) is 0 Å². The molecule has 3 nitrogen and oxygen atoms in total. The lowest BCUT2D eigenvalue weighted by Crippen LogP contribution is -2.02. The Morgan fingerprint density at radius 2 is 1.56 bits per heavy atom. The summed E-state index contributed by atoms with van der Waals surface area (Å²) in [5, 5.41) is 11.2. The lowest BCUT2D eigenvalue weighted by Gasteiger charge is -2.16. The summed E-state index contributed by atoms with van der Waals surface area (Å²) in [6.07, 6.45) is -0.755. The van der Waals surface area contributed by atoms with Crippen LogP contribution in [-0.2, 0) is 6.61 Å². The first kappa shape index (κ1) is 17.3. The monoisotopic (exact) mass is 354 g/mol. The van der Waals surface area contributed by atoms with E-state index in [1.54, 1.807) is 37.4 Å². The largest absolute Gasteiger partial charge is 0.493 e. The summed E-state index contributed by atoms with van der Waals surface area (Å²) in [4.78, 5) is 0. The van der Waals surface area contributed by atoms with Crippen LogP contribution < -0.4 is 9.47 Å². The number of methoxy groups -OCH3 is 1. The zero-order valence-electron chi connectivity index (χ0n) is 13.9. The van der Waals surface area contributed by atoms with E-state index < -0.39 is 6.10 Å². The van der Waals surface area contributed by atoms with E-state index in [4.69, 9.17) is 21.1 Å². The van der Waals surface area contributed by atoms with Gasteiger partial charge in [0.05, 0.1) is 7.11 Å². The summed E-state index contributed by atoms with van der Waals surface area (Å²) in [5.41, 5.74) is 2.57. The molecule has 1 unspecified atom stereocenters. The van der Waals surface area contributed by atoms with E-state index in [0.29, 0.717) is 23.1 Å². The highest BCUT2D eigenvalue weighted by Gasteiger charge is 2.14. The molecule has 3 aromatic rings. The highest BCUT2D eigenvalue weighted by atomic mass is 35.5. The maximum absolute atomic E-state index is 10.6. The molecule has 0 saturated heterocycles. The standard InChI is InChI=1S/C21H19ClO3/c1-24-20-13-17(21(23)16-7-10-18(22)11-8-16)9-12-19(20)25-14-15-5-3-2-4-6-15/h2-13,21,23H,14H2,1H3. The Morgan fingerprint density at radius 3 is 2.24 bits per heavy atom. The molecule has 0 aliphatic rings. The summed E-state index contributed by atoms with van der Waals surface area (Å²) in [6.45, 7) is 0.455. The van der Waals surface area contributed by atoms with Crippen molar-refractivity contribution in [3.05, 3.63) is 94.5 Å². The summed E-state index contributed by atoms with van der Waals surface area (Å²) in [7, 11) is 1.59. The van der Waals surface area contributed by atoms with Gasteiger partial charge in [0.2, 0.25) is 0 Å². The molecule has 0 heterocycles. The average molecular weight is 355 g/mol. The highest BCUT2D eigenvalue weighted by Crippen LogP contribution is 2.33. The molecule has 3 aromatic carbocycles. The molecule has 128 valence electrons. The second-order valence-electron chi connectivity index (χ2n) is 5.64. The normalized spacial score (nSPS) is 11.8. The molecular formula is C21H19ClO3. The van der Waals surface area contributed by atoms with Gasteiger partial charge in [-0.05, 0) is 41.0 Å². The number of hydrogen-bond donors (Lipinski definition) is 1. The Morgan fingerprint density at radius 1 is 0.880 bits per heavy atom. The minimum Gasteiger partial charge on any atom is -0.493 e. The van der Waals surface area contributed by atoms with E-state index in [2.05, 4.69) is 0 Å². The first-order valence-corrected chi connectivity index (χ1v) is 8.33. The molecule has 3 rings (SSSR count). The topological polar surface area (TPSA) is 38.7 Å². The SMILES string of the molecule is COc1cc(C(O)c2ccc(Cl)cc2)ccc1OCc1ccccc1. The van der Waals surface area contributed by atoms with Crippen molar-refractivity contribution in [3.8, 4) is 11.5 Å². The Labute approximate surface area is 152 Å². The fourth-order valence-electron chi connectivity index (χ4n) is 2.55. The van der Waals surface area contributed by atoms with Crippen molar-refractivity contribution in [1.82, 2.24) is 0 Å². The molecule has 0 saturated carbocycles. The van der Waals surface area contributed by atoms with Crippen molar-refractivity contribution < 1.29 is 14.6 Å². The maximum atomic E-state index is 10.6. The van der Waals surface area contributed by atoms with E-state index in [0.717, 1.165) is 16.7 Å². The molecule has 1 atom stereocenters. The molecule has 0 aliphatic heterocycles. The molecule has 1 N–H and O–H groups in total. The first-order chi connectivity index (χ1) is 12.2. The number of aliphatic hydroxyl groups is 1. The third kappa shape index (κ3) is 4.32. The molecule has 0 radical (unpaired) electrons. The zero-order valence-corrected chi connectivity index (χ0v) is 14.6. The van der Waals surface area contributed by atoms with E-state index in [1.807, 2.05) is 42.5 Å².